The summed E-state index contributed by atoms with van der Waals surface area (Å²) >= 11 is 0. The van der Waals surface area contributed by atoms with Crippen LogP contribution in [-0.4, -0.2) is 28.1 Å². The Morgan fingerprint density at radius 2 is 1.36 bits per heavy atom. The molecule has 4 unspecified atom stereocenters. The van der Waals surface area contributed by atoms with E-state index in [0.717, 1.165) is 13.0 Å². The SMILES string of the molecule is CCCC(C)(CC)C1(C)N(C(C)(C)CCN)C1(C)C(C)(C)C. The molecule has 0 amide bonds. The van der Waals surface area contributed by atoms with Gasteiger partial charge in [-0.25, -0.2) is 0 Å². The molecule has 132 valence electrons. The van der Waals surface area contributed by atoms with Crippen LogP contribution in [-0.2, 0) is 0 Å². The average Bonchev–Trinajstić information content (AvgIpc) is 2.91. The fraction of sp³-hybridized carbons (Fsp3) is 1.00. The number of hydrogen-bond acceptors (Lipinski definition) is 2. The van der Waals surface area contributed by atoms with Gasteiger partial charge in [0.2, 0.25) is 0 Å². The third-order valence-electron chi connectivity index (χ3n) is 7.37. The van der Waals surface area contributed by atoms with Crippen LogP contribution in [0.1, 0.15) is 94.9 Å². The Balaban J connectivity index is 3.42. The molecule has 4 atom stereocenters. The van der Waals surface area contributed by atoms with Gasteiger partial charge in [0, 0.05) is 16.6 Å². The highest BCUT2D eigenvalue weighted by atomic mass is 15.5. The zero-order valence-electron chi connectivity index (χ0n) is 17.1. The largest absolute Gasteiger partial charge is 0.330 e. The Hall–Kier alpha value is -0.0800. The zero-order valence-corrected chi connectivity index (χ0v) is 17.1. The van der Waals surface area contributed by atoms with Crippen LogP contribution < -0.4 is 5.73 Å². The average molecular weight is 311 g/mol. The van der Waals surface area contributed by atoms with Crippen molar-refractivity contribution in [2.45, 2.75) is 112 Å². The van der Waals surface area contributed by atoms with Gasteiger partial charge in [0.05, 0.1) is 0 Å². The fourth-order valence-electron chi connectivity index (χ4n) is 5.53. The molecule has 1 saturated heterocycles. The lowest BCUT2D eigenvalue weighted by Gasteiger charge is -2.41. The highest BCUT2D eigenvalue weighted by molar-refractivity contribution is 5.35. The minimum Gasteiger partial charge on any atom is -0.330 e. The predicted octanol–water partition coefficient (Wildman–Crippen LogP) is 5.21. The molecule has 0 radical (unpaired) electrons. The summed E-state index contributed by atoms with van der Waals surface area (Å²) in [6.07, 6.45) is 4.84. The Morgan fingerprint density at radius 3 is 1.68 bits per heavy atom. The molecule has 1 fully saturated rings. The second-order valence-corrected chi connectivity index (χ2v) is 9.75. The lowest BCUT2D eigenvalue weighted by atomic mass is 9.62. The predicted molar refractivity (Wildman–Crippen MR) is 99.2 cm³/mol. The third kappa shape index (κ3) is 2.45. The highest BCUT2D eigenvalue weighted by Gasteiger charge is 2.80. The highest BCUT2D eigenvalue weighted by Crippen LogP contribution is 2.71. The summed E-state index contributed by atoms with van der Waals surface area (Å²) < 4.78 is 0. The van der Waals surface area contributed by atoms with Gasteiger partial charge in [-0.2, -0.15) is 0 Å². The second-order valence-electron chi connectivity index (χ2n) is 9.75. The molecule has 22 heavy (non-hydrogen) atoms. The molecule has 2 heteroatoms. The lowest BCUT2D eigenvalue weighted by molar-refractivity contribution is 0.107. The summed E-state index contributed by atoms with van der Waals surface area (Å²) in [7, 11) is 0. The molecule has 2 nitrogen and oxygen atoms in total. The smallest absolute Gasteiger partial charge is 0.0432 e. The van der Waals surface area contributed by atoms with Gasteiger partial charge in [-0.15, -0.1) is 0 Å². The van der Waals surface area contributed by atoms with E-state index in [1.54, 1.807) is 0 Å². The molecule has 2 N–H and O–H groups in total. The van der Waals surface area contributed by atoms with Crippen LogP contribution in [0.15, 0.2) is 0 Å². The Kier molecular flexibility index (Phi) is 5.24. The third-order valence-corrected chi connectivity index (χ3v) is 7.37. The minimum absolute atomic E-state index is 0.149. The van der Waals surface area contributed by atoms with Crippen molar-refractivity contribution in [2.24, 2.45) is 16.6 Å². The summed E-state index contributed by atoms with van der Waals surface area (Å²) in [5.74, 6) is 0. The van der Waals surface area contributed by atoms with Crippen molar-refractivity contribution in [1.82, 2.24) is 4.90 Å². The Morgan fingerprint density at radius 1 is 0.864 bits per heavy atom. The molecule has 1 aliphatic heterocycles. The molecule has 1 heterocycles. The summed E-state index contributed by atoms with van der Waals surface area (Å²) in [6.45, 7) is 25.0. The summed E-state index contributed by atoms with van der Waals surface area (Å²) in [5, 5.41) is 0. The maximum absolute atomic E-state index is 5.94. The first-order valence-electron chi connectivity index (χ1n) is 9.30. The summed E-state index contributed by atoms with van der Waals surface area (Å²) in [4.78, 5) is 2.82. The Labute approximate surface area is 140 Å². The lowest BCUT2D eigenvalue weighted by Crippen LogP contribution is -2.44. The van der Waals surface area contributed by atoms with Crippen molar-refractivity contribution < 1.29 is 0 Å². The Bertz CT molecular complexity index is 395. The van der Waals surface area contributed by atoms with E-state index in [1.165, 1.54) is 19.3 Å². The zero-order chi connectivity index (χ0) is 17.6. The minimum atomic E-state index is 0.149. The van der Waals surface area contributed by atoms with E-state index < -0.39 is 0 Å². The van der Waals surface area contributed by atoms with Crippen molar-refractivity contribution in [3.63, 3.8) is 0 Å². The topological polar surface area (TPSA) is 29.0 Å². The van der Waals surface area contributed by atoms with Crippen LogP contribution >= 0.6 is 0 Å². The van der Waals surface area contributed by atoms with Gasteiger partial charge in [0.25, 0.3) is 0 Å². The van der Waals surface area contributed by atoms with Crippen LogP contribution in [0.3, 0.4) is 0 Å². The van der Waals surface area contributed by atoms with Gasteiger partial charge in [0.1, 0.15) is 0 Å². The van der Waals surface area contributed by atoms with E-state index in [2.05, 4.69) is 74.1 Å². The number of hydrogen-bond donors (Lipinski definition) is 1. The molecular formula is C20H42N2. The molecule has 1 aliphatic rings. The van der Waals surface area contributed by atoms with Gasteiger partial charge in [-0.3, -0.25) is 4.90 Å². The molecule has 1 rings (SSSR count). The molecule has 0 bridgehead atoms. The van der Waals surface area contributed by atoms with Crippen molar-refractivity contribution in [3.05, 3.63) is 0 Å². The quantitative estimate of drug-likeness (QED) is 0.654. The fourth-order valence-corrected chi connectivity index (χ4v) is 5.53. The standard InChI is InChI=1S/C20H42N2/c1-11-13-18(8,12-2)20(10)19(9,16(3,4)5)22(20)17(6,7)14-15-21/h11-15,21H2,1-10H3. The number of nitrogens with two attached hydrogens (primary N) is 1. The van der Waals surface area contributed by atoms with Crippen molar-refractivity contribution in [2.75, 3.05) is 6.54 Å². The molecule has 0 aromatic carbocycles. The summed E-state index contributed by atoms with van der Waals surface area (Å²) in [5.41, 5.74) is 7.11. The first kappa shape index (κ1) is 20.0. The normalized spacial score (nSPS) is 35.3. The molecule has 0 aliphatic carbocycles. The van der Waals surface area contributed by atoms with E-state index in [0.29, 0.717) is 5.41 Å². The van der Waals surface area contributed by atoms with E-state index in [9.17, 15) is 0 Å². The van der Waals surface area contributed by atoms with Crippen LogP contribution in [0, 0.1) is 10.8 Å². The van der Waals surface area contributed by atoms with Gasteiger partial charge in [-0.05, 0) is 64.3 Å². The van der Waals surface area contributed by atoms with E-state index in [4.69, 9.17) is 5.73 Å². The van der Waals surface area contributed by atoms with Crippen LogP contribution in [0.25, 0.3) is 0 Å². The van der Waals surface area contributed by atoms with Gasteiger partial charge in [-0.1, -0.05) is 48.0 Å². The van der Waals surface area contributed by atoms with Crippen molar-refractivity contribution in [3.8, 4) is 0 Å². The molecule has 0 aromatic heterocycles. The van der Waals surface area contributed by atoms with E-state index in [-0.39, 0.29) is 22.0 Å². The second kappa shape index (κ2) is 5.77. The van der Waals surface area contributed by atoms with Gasteiger partial charge in [0.15, 0.2) is 0 Å². The van der Waals surface area contributed by atoms with Crippen LogP contribution in [0.2, 0.25) is 0 Å². The van der Waals surface area contributed by atoms with Crippen LogP contribution in [0.5, 0.6) is 0 Å². The number of nitrogens with zero attached hydrogens (tertiary/aromatic N) is 1. The first-order valence-corrected chi connectivity index (χ1v) is 9.30. The van der Waals surface area contributed by atoms with E-state index in [1.807, 2.05) is 0 Å². The van der Waals surface area contributed by atoms with Gasteiger partial charge < -0.3 is 5.73 Å². The van der Waals surface area contributed by atoms with Crippen LogP contribution in [0.4, 0.5) is 0 Å². The maximum atomic E-state index is 5.94. The molecular weight excluding hydrogens is 268 g/mol. The molecule has 0 aromatic rings. The maximum Gasteiger partial charge on any atom is 0.0432 e. The monoisotopic (exact) mass is 310 g/mol. The van der Waals surface area contributed by atoms with E-state index >= 15 is 0 Å². The molecule has 0 spiro atoms. The summed E-state index contributed by atoms with van der Waals surface area (Å²) in [6, 6.07) is 0. The molecule has 0 saturated carbocycles. The van der Waals surface area contributed by atoms with Crippen molar-refractivity contribution in [1.29, 1.82) is 0 Å². The van der Waals surface area contributed by atoms with Gasteiger partial charge >= 0.3 is 0 Å². The van der Waals surface area contributed by atoms with Crippen molar-refractivity contribution >= 4 is 0 Å². The number of rotatable bonds is 7. The first-order chi connectivity index (χ1) is 9.80.